The number of rotatable bonds is 9. The highest BCUT2D eigenvalue weighted by atomic mass is 19.1. The molecular weight excluding hydrogens is 433 g/mol. The lowest BCUT2D eigenvalue weighted by Gasteiger charge is -2.29. The van der Waals surface area contributed by atoms with Gasteiger partial charge >= 0.3 is 0 Å². The molecule has 2 aliphatic rings. The number of likely N-dealkylation sites (tertiary alicyclic amines) is 1. The van der Waals surface area contributed by atoms with Gasteiger partial charge in [0.15, 0.2) is 11.6 Å². The Morgan fingerprint density at radius 2 is 1.76 bits per heavy atom. The number of nitrogens with one attached hydrogen (secondary N) is 3. The second-order valence-corrected chi connectivity index (χ2v) is 9.38. The minimum atomic E-state index is -0.439. The van der Waals surface area contributed by atoms with Gasteiger partial charge in [0.1, 0.15) is 0 Å². The summed E-state index contributed by atoms with van der Waals surface area (Å²) in [5, 5.41) is 10.2. The summed E-state index contributed by atoms with van der Waals surface area (Å²) in [5.41, 5.74) is 0.553. The molecule has 0 spiro atoms. The number of likely N-dealkylation sites (N-methyl/N-ethyl adjacent to an activating group) is 1. The monoisotopic (exact) mass is 471 g/mol. The smallest absolute Gasteiger partial charge is 0.233 e. The number of nitrogens with zero attached hydrogens (tertiary/aromatic N) is 4. The lowest BCUT2D eigenvalue weighted by atomic mass is 10.1. The van der Waals surface area contributed by atoms with Crippen molar-refractivity contribution in [3.05, 3.63) is 24.0 Å². The molecule has 1 aliphatic heterocycles. The second kappa shape index (κ2) is 11.6. The summed E-state index contributed by atoms with van der Waals surface area (Å²) in [6, 6.07) is 5.72. The molecule has 186 valence electrons. The van der Waals surface area contributed by atoms with Gasteiger partial charge in [-0.05, 0) is 57.8 Å². The maximum absolute atomic E-state index is 14.2. The number of halogens is 1. The second-order valence-electron chi connectivity index (χ2n) is 9.38. The molecule has 1 aliphatic carbocycles. The number of benzene rings is 1. The number of anilines is 4. The first-order valence-corrected chi connectivity index (χ1v) is 12.7. The molecule has 1 aromatic carbocycles. The van der Waals surface area contributed by atoms with Crippen LogP contribution in [-0.2, 0) is 0 Å². The van der Waals surface area contributed by atoms with Crippen LogP contribution in [0.15, 0.2) is 18.2 Å². The largest absolute Gasteiger partial charge is 0.494 e. The van der Waals surface area contributed by atoms with Gasteiger partial charge in [0.2, 0.25) is 17.8 Å². The predicted octanol–water partition coefficient (Wildman–Crippen LogP) is 5.18. The Morgan fingerprint density at radius 1 is 1.03 bits per heavy atom. The molecule has 8 nitrogen and oxygen atoms in total. The Morgan fingerprint density at radius 3 is 2.47 bits per heavy atom. The van der Waals surface area contributed by atoms with E-state index in [1.807, 2.05) is 0 Å². The Hall–Kier alpha value is -2.68. The van der Waals surface area contributed by atoms with Crippen molar-refractivity contribution in [2.75, 3.05) is 36.1 Å². The summed E-state index contributed by atoms with van der Waals surface area (Å²) in [6.07, 6.45) is 9.61. The van der Waals surface area contributed by atoms with Crippen molar-refractivity contribution in [2.24, 2.45) is 0 Å². The molecule has 34 heavy (non-hydrogen) atoms. The van der Waals surface area contributed by atoms with Gasteiger partial charge in [-0.2, -0.15) is 15.0 Å². The van der Waals surface area contributed by atoms with Gasteiger partial charge in [0, 0.05) is 29.9 Å². The SMILES string of the molecule is CCN1CCCC1[C@H](C)Nc1nc(Nc2ccc(OC)c(F)c2)nc(NC2CCCCCC2)n1. The number of hydrogen-bond acceptors (Lipinski definition) is 8. The number of aromatic nitrogens is 3. The highest BCUT2D eigenvalue weighted by molar-refractivity contribution is 5.57. The first-order chi connectivity index (χ1) is 16.6. The fourth-order valence-electron chi connectivity index (χ4n) is 5.15. The first kappa shape index (κ1) is 24.4. The molecule has 2 fully saturated rings. The maximum atomic E-state index is 14.2. The zero-order valence-corrected chi connectivity index (χ0v) is 20.6. The van der Waals surface area contributed by atoms with Crippen LogP contribution in [0.4, 0.5) is 27.9 Å². The zero-order chi connectivity index (χ0) is 23.9. The highest BCUT2D eigenvalue weighted by Gasteiger charge is 2.28. The van der Waals surface area contributed by atoms with E-state index < -0.39 is 5.82 Å². The lowest BCUT2D eigenvalue weighted by Crippen LogP contribution is -2.41. The molecule has 1 saturated heterocycles. The molecule has 0 radical (unpaired) electrons. The van der Waals surface area contributed by atoms with Crippen molar-refractivity contribution in [3.63, 3.8) is 0 Å². The molecule has 2 aromatic rings. The molecular formula is C25H38FN7O. The van der Waals surface area contributed by atoms with Gasteiger partial charge in [-0.25, -0.2) is 4.39 Å². The normalized spacial score (nSPS) is 20.5. The fraction of sp³-hybridized carbons (Fsp3) is 0.640. The van der Waals surface area contributed by atoms with E-state index >= 15 is 0 Å². The minimum Gasteiger partial charge on any atom is -0.494 e. The molecule has 1 unspecified atom stereocenters. The van der Waals surface area contributed by atoms with Crippen LogP contribution < -0.4 is 20.7 Å². The zero-order valence-electron chi connectivity index (χ0n) is 20.6. The quantitative estimate of drug-likeness (QED) is 0.431. The molecule has 9 heteroatoms. The summed E-state index contributed by atoms with van der Waals surface area (Å²) >= 11 is 0. The molecule has 1 saturated carbocycles. The molecule has 3 N–H and O–H groups in total. The minimum absolute atomic E-state index is 0.196. The van der Waals surface area contributed by atoms with E-state index in [1.54, 1.807) is 12.1 Å². The van der Waals surface area contributed by atoms with Crippen LogP contribution in [0, 0.1) is 5.82 Å². The molecule has 2 atom stereocenters. The van der Waals surface area contributed by atoms with Crippen molar-refractivity contribution in [2.45, 2.75) is 83.3 Å². The lowest BCUT2D eigenvalue weighted by molar-refractivity contribution is 0.249. The van der Waals surface area contributed by atoms with E-state index in [-0.39, 0.29) is 11.8 Å². The van der Waals surface area contributed by atoms with Crippen LogP contribution in [0.25, 0.3) is 0 Å². The van der Waals surface area contributed by atoms with Crippen LogP contribution >= 0.6 is 0 Å². The Bertz CT molecular complexity index is 935. The van der Waals surface area contributed by atoms with E-state index in [9.17, 15) is 4.39 Å². The number of ether oxygens (including phenoxy) is 1. The van der Waals surface area contributed by atoms with Crippen LogP contribution in [0.1, 0.15) is 65.2 Å². The Balaban J connectivity index is 1.55. The summed E-state index contributed by atoms with van der Waals surface area (Å²) in [4.78, 5) is 16.4. The third-order valence-electron chi connectivity index (χ3n) is 6.99. The first-order valence-electron chi connectivity index (χ1n) is 12.7. The van der Waals surface area contributed by atoms with Gasteiger partial charge < -0.3 is 20.7 Å². The van der Waals surface area contributed by atoms with Crippen LogP contribution in [0.5, 0.6) is 5.75 Å². The number of methoxy groups -OCH3 is 1. The summed E-state index contributed by atoms with van der Waals surface area (Å²) in [6.45, 7) is 6.57. The van der Waals surface area contributed by atoms with E-state index in [2.05, 4.69) is 44.7 Å². The molecule has 1 aromatic heterocycles. The standard InChI is InChI=1S/C25H38FN7O/c1-4-33-15-9-12-21(33)17(2)27-23-30-24(28-18-10-7-5-6-8-11-18)32-25(31-23)29-19-13-14-22(34-3)20(26)16-19/h13-14,16-18,21H,4-12,15H2,1-3H3,(H3,27,28,29,30,31,32)/t17-,21?/m0/s1. The third-order valence-corrected chi connectivity index (χ3v) is 6.99. The van der Waals surface area contributed by atoms with Gasteiger partial charge in [0.25, 0.3) is 0 Å². The molecule has 4 rings (SSSR count). The van der Waals surface area contributed by atoms with Crippen molar-refractivity contribution in [3.8, 4) is 5.75 Å². The van der Waals surface area contributed by atoms with Gasteiger partial charge in [-0.3, -0.25) is 4.90 Å². The molecule has 2 heterocycles. The summed E-state index contributed by atoms with van der Waals surface area (Å²) in [5.74, 6) is 1.21. The Kier molecular flexibility index (Phi) is 8.37. The maximum Gasteiger partial charge on any atom is 0.233 e. The van der Waals surface area contributed by atoms with E-state index in [0.29, 0.717) is 35.6 Å². The number of hydrogen-bond donors (Lipinski definition) is 3. The van der Waals surface area contributed by atoms with Crippen molar-refractivity contribution >= 4 is 23.5 Å². The summed E-state index contributed by atoms with van der Waals surface area (Å²) < 4.78 is 19.3. The van der Waals surface area contributed by atoms with Crippen molar-refractivity contribution in [1.82, 2.24) is 19.9 Å². The highest BCUT2D eigenvalue weighted by Crippen LogP contribution is 2.26. The fourth-order valence-corrected chi connectivity index (χ4v) is 5.15. The average molecular weight is 472 g/mol. The average Bonchev–Trinajstić information content (AvgIpc) is 3.16. The summed E-state index contributed by atoms with van der Waals surface area (Å²) in [7, 11) is 1.45. The van der Waals surface area contributed by atoms with E-state index in [1.165, 1.54) is 45.3 Å². The van der Waals surface area contributed by atoms with Crippen LogP contribution in [0.2, 0.25) is 0 Å². The van der Waals surface area contributed by atoms with Crippen LogP contribution in [0.3, 0.4) is 0 Å². The van der Waals surface area contributed by atoms with Crippen molar-refractivity contribution in [1.29, 1.82) is 0 Å². The van der Waals surface area contributed by atoms with E-state index in [0.717, 1.165) is 32.4 Å². The van der Waals surface area contributed by atoms with Gasteiger partial charge in [-0.1, -0.05) is 32.6 Å². The Labute approximate surface area is 202 Å². The van der Waals surface area contributed by atoms with Gasteiger partial charge in [-0.15, -0.1) is 0 Å². The van der Waals surface area contributed by atoms with Crippen molar-refractivity contribution < 1.29 is 9.13 Å². The van der Waals surface area contributed by atoms with Gasteiger partial charge in [0.05, 0.1) is 7.11 Å². The van der Waals surface area contributed by atoms with Crippen LogP contribution in [-0.4, -0.2) is 58.2 Å². The molecule has 0 bridgehead atoms. The predicted molar refractivity (Wildman–Crippen MR) is 135 cm³/mol. The van der Waals surface area contributed by atoms with E-state index in [4.69, 9.17) is 9.72 Å². The molecule has 0 amide bonds. The third kappa shape index (κ3) is 6.25. The topological polar surface area (TPSA) is 87.2 Å².